The molecule has 0 aromatic heterocycles. The van der Waals surface area contributed by atoms with Crippen LogP contribution in [0, 0.1) is 17.2 Å². The number of carbonyl (C=O) groups excluding carboxylic acids is 1. The van der Waals surface area contributed by atoms with Gasteiger partial charge in [-0.1, -0.05) is 0 Å². The summed E-state index contributed by atoms with van der Waals surface area (Å²) in [6.45, 7) is 1.08. The summed E-state index contributed by atoms with van der Waals surface area (Å²) in [6.07, 6.45) is 0.884. The molecule has 0 saturated carbocycles. The molecule has 0 spiro atoms. The van der Waals surface area contributed by atoms with Gasteiger partial charge in [-0.05, 0) is 6.42 Å². The molecule has 0 radical (unpaired) electrons. The predicted octanol–water partition coefficient (Wildman–Crippen LogP) is -1.47. The zero-order chi connectivity index (χ0) is 9.26. The third-order valence-corrected chi connectivity index (χ3v) is 2.54. The maximum absolute atomic E-state index is 11.0. The molecular formula is C8H12N4O. The zero-order valence-electron chi connectivity index (χ0n) is 7.21. The van der Waals surface area contributed by atoms with Crippen molar-refractivity contribution in [1.82, 2.24) is 16.0 Å². The molecule has 2 saturated heterocycles. The summed E-state index contributed by atoms with van der Waals surface area (Å²) in [5.74, 6) is 0.0306. The topological polar surface area (TPSA) is 77.0 Å². The van der Waals surface area contributed by atoms with Gasteiger partial charge in [-0.3, -0.25) is 15.4 Å². The van der Waals surface area contributed by atoms with E-state index in [9.17, 15) is 4.79 Å². The van der Waals surface area contributed by atoms with E-state index >= 15 is 0 Å². The molecule has 2 fully saturated rings. The summed E-state index contributed by atoms with van der Waals surface area (Å²) in [5.41, 5.74) is 0. The monoisotopic (exact) mass is 180 g/mol. The van der Waals surface area contributed by atoms with E-state index in [1.807, 2.05) is 0 Å². The first-order valence-corrected chi connectivity index (χ1v) is 4.45. The van der Waals surface area contributed by atoms with Crippen LogP contribution in [0.25, 0.3) is 0 Å². The number of nitriles is 1. The molecule has 3 N–H and O–H groups in total. The van der Waals surface area contributed by atoms with E-state index in [4.69, 9.17) is 5.26 Å². The first-order valence-electron chi connectivity index (χ1n) is 4.45. The van der Waals surface area contributed by atoms with E-state index in [1.165, 1.54) is 0 Å². The van der Waals surface area contributed by atoms with Crippen molar-refractivity contribution in [2.75, 3.05) is 13.1 Å². The lowest BCUT2D eigenvalue weighted by molar-refractivity contribution is -0.123. The lowest BCUT2D eigenvalue weighted by Crippen LogP contribution is -2.67. The van der Waals surface area contributed by atoms with Crippen LogP contribution in [0.2, 0.25) is 0 Å². The number of amides is 1. The average Bonchev–Trinajstić information content (AvgIpc) is 2.16. The molecule has 2 aliphatic heterocycles. The van der Waals surface area contributed by atoms with Crippen molar-refractivity contribution in [2.45, 2.75) is 18.6 Å². The van der Waals surface area contributed by atoms with Crippen LogP contribution in [0.4, 0.5) is 0 Å². The van der Waals surface area contributed by atoms with Crippen molar-refractivity contribution >= 4 is 5.91 Å². The molecule has 2 heterocycles. The number of piperidine rings is 1. The lowest BCUT2D eigenvalue weighted by Gasteiger charge is -2.38. The van der Waals surface area contributed by atoms with Crippen molar-refractivity contribution in [1.29, 1.82) is 5.26 Å². The third kappa shape index (κ3) is 1.64. The Bertz CT molecular complexity index is 259. The van der Waals surface area contributed by atoms with Crippen molar-refractivity contribution in [2.24, 2.45) is 5.92 Å². The van der Waals surface area contributed by atoms with Gasteiger partial charge in [0.2, 0.25) is 5.91 Å². The molecule has 13 heavy (non-hydrogen) atoms. The molecule has 0 bridgehead atoms. The number of nitrogens with one attached hydrogen (secondary N) is 3. The number of piperazine rings is 1. The van der Waals surface area contributed by atoms with Crippen LogP contribution in [0.5, 0.6) is 0 Å². The number of hydrogen-bond acceptors (Lipinski definition) is 4. The van der Waals surface area contributed by atoms with E-state index < -0.39 is 0 Å². The van der Waals surface area contributed by atoms with E-state index in [0.717, 1.165) is 6.42 Å². The smallest absolute Gasteiger partial charge is 0.234 e. The van der Waals surface area contributed by atoms with Crippen molar-refractivity contribution < 1.29 is 4.79 Å². The number of hydrogen-bond donors (Lipinski definition) is 3. The second-order valence-electron chi connectivity index (χ2n) is 3.50. The Labute approximate surface area is 76.5 Å². The van der Waals surface area contributed by atoms with E-state index in [2.05, 4.69) is 22.0 Å². The summed E-state index contributed by atoms with van der Waals surface area (Å²) < 4.78 is 0. The summed E-state index contributed by atoms with van der Waals surface area (Å²) in [6, 6.07) is 2.28. The van der Waals surface area contributed by atoms with Crippen LogP contribution in [-0.2, 0) is 4.79 Å². The van der Waals surface area contributed by atoms with Gasteiger partial charge in [0.1, 0.15) is 0 Å². The summed E-state index contributed by atoms with van der Waals surface area (Å²) in [7, 11) is 0. The van der Waals surface area contributed by atoms with Gasteiger partial charge >= 0.3 is 0 Å². The van der Waals surface area contributed by atoms with Crippen molar-refractivity contribution in [3.05, 3.63) is 0 Å². The molecule has 5 heteroatoms. The Morgan fingerprint density at radius 1 is 1.46 bits per heavy atom. The first kappa shape index (κ1) is 8.48. The van der Waals surface area contributed by atoms with Gasteiger partial charge in [0.25, 0.3) is 0 Å². The Morgan fingerprint density at radius 2 is 2.31 bits per heavy atom. The van der Waals surface area contributed by atoms with E-state index in [0.29, 0.717) is 13.1 Å². The van der Waals surface area contributed by atoms with Crippen molar-refractivity contribution in [3.8, 4) is 6.07 Å². The molecule has 2 rings (SSSR count). The minimum atomic E-state index is 0.0152. The van der Waals surface area contributed by atoms with Gasteiger partial charge < -0.3 is 5.32 Å². The van der Waals surface area contributed by atoms with Gasteiger partial charge in [0.05, 0.1) is 30.7 Å². The molecule has 70 valence electrons. The van der Waals surface area contributed by atoms with Crippen LogP contribution >= 0.6 is 0 Å². The van der Waals surface area contributed by atoms with Gasteiger partial charge in [0.15, 0.2) is 0 Å². The summed E-state index contributed by atoms with van der Waals surface area (Å²) in [5, 5.41) is 17.9. The second-order valence-corrected chi connectivity index (χ2v) is 3.50. The molecule has 5 nitrogen and oxygen atoms in total. The van der Waals surface area contributed by atoms with Crippen molar-refractivity contribution in [3.63, 3.8) is 0 Å². The molecule has 1 amide bonds. The quantitative estimate of drug-likeness (QED) is 0.425. The zero-order valence-corrected chi connectivity index (χ0v) is 7.21. The standard InChI is InChI=1S/C8H12N4O/c9-2-5-1-6-8(10-3-5)11-4-7(13)12-6/h5-6,8,10-11H,1,3-4H2,(H,12,13)/t5-,6-,8+/m1/s1. The second kappa shape index (κ2) is 3.32. The van der Waals surface area contributed by atoms with Crippen LogP contribution in [-0.4, -0.2) is 31.2 Å². The van der Waals surface area contributed by atoms with E-state index in [1.54, 1.807) is 0 Å². The third-order valence-electron chi connectivity index (χ3n) is 2.54. The fourth-order valence-electron chi connectivity index (χ4n) is 1.85. The highest BCUT2D eigenvalue weighted by Gasteiger charge is 2.33. The van der Waals surface area contributed by atoms with Crippen LogP contribution < -0.4 is 16.0 Å². The van der Waals surface area contributed by atoms with Crippen LogP contribution in [0.15, 0.2) is 0 Å². The minimum Gasteiger partial charge on any atom is -0.349 e. The number of fused-ring (bicyclic) bond motifs is 1. The maximum Gasteiger partial charge on any atom is 0.234 e. The number of rotatable bonds is 0. The molecule has 0 unspecified atom stereocenters. The maximum atomic E-state index is 11.0. The number of carbonyl (C=O) groups is 1. The summed E-state index contributed by atoms with van der Waals surface area (Å²) >= 11 is 0. The average molecular weight is 180 g/mol. The fourth-order valence-corrected chi connectivity index (χ4v) is 1.85. The Kier molecular flexibility index (Phi) is 2.17. The lowest BCUT2D eigenvalue weighted by atomic mass is 9.93. The Hall–Kier alpha value is -1.12. The fraction of sp³-hybridized carbons (Fsp3) is 0.750. The van der Waals surface area contributed by atoms with Gasteiger partial charge in [0, 0.05) is 6.54 Å². The largest absolute Gasteiger partial charge is 0.349 e. The number of nitrogens with zero attached hydrogens (tertiary/aromatic N) is 1. The molecule has 0 aromatic carbocycles. The molecule has 0 aliphatic carbocycles. The Morgan fingerprint density at radius 3 is 3.08 bits per heavy atom. The van der Waals surface area contributed by atoms with Gasteiger partial charge in [-0.2, -0.15) is 5.26 Å². The molecule has 2 aliphatic rings. The first-order chi connectivity index (χ1) is 6.29. The minimum absolute atomic E-state index is 0.0152. The molecule has 3 atom stereocenters. The molecule has 0 aromatic rings. The highest BCUT2D eigenvalue weighted by atomic mass is 16.2. The van der Waals surface area contributed by atoms with Crippen LogP contribution in [0.1, 0.15) is 6.42 Å². The SMILES string of the molecule is N#C[C@@H]1CN[C@H]2NCC(=O)N[C@@H]2C1. The van der Waals surface area contributed by atoms with Crippen LogP contribution in [0.3, 0.4) is 0 Å². The normalized spacial score (nSPS) is 38.7. The Balaban J connectivity index is 2.00. The van der Waals surface area contributed by atoms with Gasteiger partial charge in [-0.25, -0.2) is 0 Å². The van der Waals surface area contributed by atoms with E-state index in [-0.39, 0.29) is 24.0 Å². The van der Waals surface area contributed by atoms with Gasteiger partial charge in [-0.15, -0.1) is 0 Å². The molecular weight excluding hydrogens is 168 g/mol. The highest BCUT2D eigenvalue weighted by Crippen LogP contribution is 2.14. The predicted molar refractivity (Wildman–Crippen MR) is 45.4 cm³/mol. The summed E-state index contributed by atoms with van der Waals surface area (Å²) in [4.78, 5) is 11.0. The highest BCUT2D eigenvalue weighted by molar-refractivity contribution is 5.79.